The van der Waals surface area contributed by atoms with Crippen LogP contribution in [0.2, 0.25) is 0 Å². The average molecular weight is 269 g/mol. The van der Waals surface area contributed by atoms with Gasteiger partial charge in [-0.15, -0.1) is 5.10 Å². The molecule has 0 radical (unpaired) electrons. The van der Waals surface area contributed by atoms with Crippen molar-refractivity contribution in [3.05, 3.63) is 22.8 Å². The van der Waals surface area contributed by atoms with E-state index in [0.29, 0.717) is 5.95 Å². The third-order valence-corrected chi connectivity index (χ3v) is 2.75. The fourth-order valence-electron chi connectivity index (χ4n) is 1.33. The van der Waals surface area contributed by atoms with Crippen molar-refractivity contribution in [1.82, 2.24) is 14.6 Å². The normalized spacial score (nSPS) is 10.8. The molecule has 0 aliphatic carbocycles. The SMILES string of the molecule is CCCCNc1nc2c(Br)cccn2n1. The predicted octanol–water partition coefficient (Wildman–Crippen LogP) is 2.70. The zero-order valence-corrected chi connectivity index (χ0v) is 10.2. The number of rotatable bonds is 4. The van der Waals surface area contributed by atoms with Crippen molar-refractivity contribution in [1.29, 1.82) is 0 Å². The Morgan fingerprint density at radius 3 is 3.13 bits per heavy atom. The average Bonchev–Trinajstić information content (AvgIpc) is 2.63. The largest absolute Gasteiger partial charge is 0.353 e. The summed E-state index contributed by atoms with van der Waals surface area (Å²) in [5.41, 5.74) is 0.844. The molecule has 0 amide bonds. The second-order valence-corrected chi connectivity index (χ2v) is 4.19. The van der Waals surface area contributed by atoms with Gasteiger partial charge in [0.05, 0.1) is 4.47 Å². The van der Waals surface area contributed by atoms with Gasteiger partial charge in [0.2, 0.25) is 5.95 Å². The summed E-state index contributed by atoms with van der Waals surface area (Å²) in [6.45, 7) is 3.08. The van der Waals surface area contributed by atoms with Gasteiger partial charge in [-0.05, 0) is 34.5 Å². The highest BCUT2D eigenvalue weighted by molar-refractivity contribution is 9.10. The third kappa shape index (κ3) is 2.28. The maximum Gasteiger partial charge on any atom is 0.243 e. The second kappa shape index (κ2) is 4.61. The molecule has 0 spiro atoms. The Morgan fingerprint density at radius 2 is 2.40 bits per heavy atom. The van der Waals surface area contributed by atoms with E-state index in [-0.39, 0.29) is 0 Å². The Hall–Kier alpha value is -1.10. The van der Waals surface area contributed by atoms with Gasteiger partial charge in [-0.25, -0.2) is 4.52 Å². The Kier molecular flexibility index (Phi) is 3.20. The molecule has 80 valence electrons. The summed E-state index contributed by atoms with van der Waals surface area (Å²) < 4.78 is 2.72. The van der Waals surface area contributed by atoms with Crippen LogP contribution in [0.25, 0.3) is 5.65 Å². The van der Waals surface area contributed by atoms with Gasteiger partial charge in [0.15, 0.2) is 5.65 Å². The van der Waals surface area contributed by atoms with Gasteiger partial charge >= 0.3 is 0 Å². The molecule has 0 unspecified atom stereocenters. The lowest BCUT2D eigenvalue weighted by Gasteiger charge is -1.97. The van der Waals surface area contributed by atoms with Gasteiger partial charge < -0.3 is 5.32 Å². The molecule has 2 aromatic rings. The van der Waals surface area contributed by atoms with Gasteiger partial charge in [0.25, 0.3) is 0 Å². The number of hydrogen-bond acceptors (Lipinski definition) is 3. The molecule has 2 aromatic heterocycles. The molecule has 0 saturated carbocycles. The maximum atomic E-state index is 4.38. The third-order valence-electron chi connectivity index (χ3n) is 2.13. The summed E-state index contributed by atoms with van der Waals surface area (Å²) in [4.78, 5) is 4.38. The molecule has 0 fully saturated rings. The molecule has 0 aliphatic heterocycles. The summed E-state index contributed by atoms with van der Waals surface area (Å²) in [5, 5.41) is 7.51. The van der Waals surface area contributed by atoms with Crippen molar-refractivity contribution in [2.75, 3.05) is 11.9 Å². The summed E-state index contributed by atoms with van der Waals surface area (Å²) in [6, 6.07) is 3.89. The van der Waals surface area contributed by atoms with E-state index >= 15 is 0 Å². The first-order valence-corrected chi connectivity index (χ1v) is 5.85. The highest BCUT2D eigenvalue weighted by atomic mass is 79.9. The molecule has 0 aliphatic rings. The Morgan fingerprint density at radius 1 is 1.53 bits per heavy atom. The number of nitrogens with one attached hydrogen (secondary N) is 1. The number of fused-ring (bicyclic) bond motifs is 1. The molecule has 2 rings (SSSR count). The van der Waals surface area contributed by atoms with Crippen molar-refractivity contribution in [2.45, 2.75) is 19.8 Å². The fourth-order valence-corrected chi connectivity index (χ4v) is 1.75. The van der Waals surface area contributed by atoms with Crippen LogP contribution in [0.5, 0.6) is 0 Å². The van der Waals surface area contributed by atoms with Gasteiger partial charge in [-0.2, -0.15) is 4.98 Å². The molecular formula is C10H13BrN4. The molecule has 4 nitrogen and oxygen atoms in total. The van der Waals surface area contributed by atoms with Gasteiger partial charge in [-0.3, -0.25) is 0 Å². The quantitative estimate of drug-likeness (QED) is 0.868. The first kappa shape index (κ1) is 10.4. The molecular weight excluding hydrogens is 256 g/mol. The van der Waals surface area contributed by atoms with E-state index in [0.717, 1.165) is 23.1 Å². The first-order chi connectivity index (χ1) is 7.31. The predicted molar refractivity (Wildman–Crippen MR) is 64.1 cm³/mol. The molecule has 0 aromatic carbocycles. The lowest BCUT2D eigenvalue weighted by atomic mass is 10.3. The fraction of sp³-hybridized carbons (Fsp3) is 0.400. The van der Waals surface area contributed by atoms with Crippen LogP contribution in [-0.4, -0.2) is 21.1 Å². The van der Waals surface area contributed by atoms with Crippen LogP contribution in [0.1, 0.15) is 19.8 Å². The highest BCUT2D eigenvalue weighted by Gasteiger charge is 2.04. The second-order valence-electron chi connectivity index (χ2n) is 3.34. The Balaban J connectivity index is 2.20. The first-order valence-electron chi connectivity index (χ1n) is 5.06. The Bertz CT molecular complexity index is 452. The van der Waals surface area contributed by atoms with Crippen LogP contribution in [0, 0.1) is 0 Å². The minimum atomic E-state index is 0.690. The lowest BCUT2D eigenvalue weighted by Crippen LogP contribution is -2.02. The maximum absolute atomic E-state index is 4.38. The van der Waals surface area contributed by atoms with Crippen molar-refractivity contribution in [2.24, 2.45) is 0 Å². The van der Waals surface area contributed by atoms with Crippen molar-refractivity contribution in [3.63, 3.8) is 0 Å². The number of anilines is 1. The zero-order chi connectivity index (χ0) is 10.7. The van der Waals surface area contributed by atoms with E-state index < -0.39 is 0 Å². The lowest BCUT2D eigenvalue weighted by molar-refractivity contribution is 0.824. The number of unbranched alkanes of at least 4 members (excludes halogenated alkanes) is 1. The van der Waals surface area contributed by atoms with E-state index in [1.165, 1.54) is 6.42 Å². The molecule has 0 atom stereocenters. The van der Waals surface area contributed by atoms with Crippen molar-refractivity contribution in [3.8, 4) is 0 Å². The van der Waals surface area contributed by atoms with Gasteiger partial charge in [0, 0.05) is 12.7 Å². The molecule has 0 bridgehead atoms. The monoisotopic (exact) mass is 268 g/mol. The molecule has 2 heterocycles. The zero-order valence-electron chi connectivity index (χ0n) is 8.57. The molecule has 5 heteroatoms. The van der Waals surface area contributed by atoms with Gasteiger partial charge in [0.1, 0.15) is 0 Å². The summed E-state index contributed by atoms with van der Waals surface area (Å²) in [6.07, 6.45) is 4.19. The van der Waals surface area contributed by atoms with E-state index in [2.05, 4.69) is 38.3 Å². The van der Waals surface area contributed by atoms with Gasteiger partial charge in [-0.1, -0.05) is 13.3 Å². The topological polar surface area (TPSA) is 42.2 Å². The van der Waals surface area contributed by atoms with E-state index in [1.807, 2.05) is 18.3 Å². The number of pyridine rings is 1. The number of aromatic nitrogens is 3. The minimum Gasteiger partial charge on any atom is -0.353 e. The number of hydrogen-bond donors (Lipinski definition) is 1. The minimum absolute atomic E-state index is 0.690. The Labute approximate surface area is 96.8 Å². The molecule has 0 saturated heterocycles. The molecule has 1 N–H and O–H groups in total. The molecule has 15 heavy (non-hydrogen) atoms. The van der Waals surface area contributed by atoms with Crippen LogP contribution in [0.3, 0.4) is 0 Å². The van der Waals surface area contributed by atoms with E-state index in [4.69, 9.17) is 0 Å². The van der Waals surface area contributed by atoms with Crippen LogP contribution >= 0.6 is 15.9 Å². The van der Waals surface area contributed by atoms with Crippen LogP contribution in [0.15, 0.2) is 22.8 Å². The summed E-state index contributed by atoms with van der Waals surface area (Å²) in [7, 11) is 0. The van der Waals surface area contributed by atoms with E-state index in [1.54, 1.807) is 4.52 Å². The van der Waals surface area contributed by atoms with Crippen LogP contribution in [-0.2, 0) is 0 Å². The van der Waals surface area contributed by atoms with Crippen molar-refractivity contribution >= 4 is 27.5 Å². The summed E-state index contributed by atoms with van der Waals surface area (Å²) >= 11 is 3.44. The number of nitrogens with zero attached hydrogens (tertiary/aromatic N) is 3. The highest BCUT2D eigenvalue weighted by Crippen LogP contribution is 2.16. The van der Waals surface area contributed by atoms with E-state index in [9.17, 15) is 0 Å². The standard InChI is InChI=1S/C10H13BrN4/c1-2-3-6-12-10-13-9-8(11)5-4-7-15(9)14-10/h4-5,7H,2-3,6H2,1H3,(H,12,14). The van der Waals surface area contributed by atoms with Crippen LogP contribution < -0.4 is 5.32 Å². The van der Waals surface area contributed by atoms with Crippen LogP contribution in [0.4, 0.5) is 5.95 Å². The number of halogens is 1. The summed E-state index contributed by atoms with van der Waals surface area (Å²) in [5.74, 6) is 0.690. The van der Waals surface area contributed by atoms with Crippen molar-refractivity contribution < 1.29 is 0 Å². The smallest absolute Gasteiger partial charge is 0.243 e.